The molecule has 0 aliphatic heterocycles. The summed E-state index contributed by atoms with van der Waals surface area (Å²) in [5, 5.41) is 24.0. The lowest BCUT2D eigenvalue weighted by Gasteiger charge is -2.04. The molecule has 166 valence electrons. The molecule has 0 spiro atoms. The van der Waals surface area contributed by atoms with Gasteiger partial charge in [0.2, 0.25) is 0 Å². The number of aromatic nitrogens is 2. The molecule has 33 heavy (non-hydrogen) atoms. The van der Waals surface area contributed by atoms with Crippen LogP contribution in [0.5, 0.6) is 0 Å². The molecule has 0 saturated carbocycles. The largest absolute Gasteiger partial charge is 0.478 e. The number of hydrogen-bond donors (Lipinski definition) is 2. The van der Waals surface area contributed by atoms with Crippen molar-refractivity contribution in [3.63, 3.8) is 0 Å². The topological polar surface area (TPSA) is 131 Å². The third kappa shape index (κ3) is 3.99. The maximum atomic E-state index is 13.0. The lowest BCUT2D eigenvalue weighted by Crippen LogP contribution is -2.33. The summed E-state index contributed by atoms with van der Waals surface area (Å²) in [6, 6.07) is 12.3. The summed E-state index contributed by atoms with van der Waals surface area (Å²) in [7, 11) is 0. The second kappa shape index (κ2) is 8.12. The lowest BCUT2D eigenvalue weighted by molar-refractivity contribution is -0.384. The van der Waals surface area contributed by atoms with E-state index in [2.05, 4.69) is 11.7 Å². The fourth-order valence-electron chi connectivity index (χ4n) is 3.47. The van der Waals surface area contributed by atoms with E-state index in [4.69, 9.17) is 4.42 Å². The minimum Gasteiger partial charge on any atom is -0.478 e. The molecular formula is C24H19N3O6. The first-order valence-electron chi connectivity index (χ1n) is 9.87. The van der Waals surface area contributed by atoms with Gasteiger partial charge in [-0.2, -0.15) is 0 Å². The molecule has 0 aliphatic rings. The average molecular weight is 445 g/mol. The minimum absolute atomic E-state index is 0.0378. The number of benzene rings is 2. The van der Waals surface area contributed by atoms with Crippen LogP contribution in [-0.4, -0.2) is 25.8 Å². The Kier molecular flexibility index (Phi) is 5.31. The highest BCUT2D eigenvalue weighted by Gasteiger charge is 2.19. The maximum absolute atomic E-state index is 13.0. The van der Waals surface area contributed by atoms with E-state index in [1.165, 1.54) is 35.0 Å². The zero-order chi connectivity index (χ0) is 23.9. The SMILES string of the molecule is C=c1[nH]n(-c2cccc(C(=O)O)c2)c(=O)/c1=C\c1ccc(-c2cc(C)c(C)cc2[N+](=O)[O-])o1. The van der Waals surface area contributed by atoms with Crippen LogP contribution in [0.15, 0.2) is 57.7 Å². The van der Waals surface area contributed by atoms with Crippen LogP contribution in [0, 0.1) is 24.0 Å². The van der Waals surface area contributed by atoms with E-state index in [-0.39, 0.29) is 16.5 Å². The lowest BCUT2D eigenvalue weighted by atomic mass is 10.0. The van der Waals surface area contributed by atoms with Gasteiger partial charge in [-0.1, -0.05) is 12.6 Å². The van der Waals surface area contributed by atoms with Crippen molar-refractivity contribution in [1.82, 2.24) is 9.78 Å². The average Bonchev–Trinajstić information content (AvgIpc) is 3.35. The predicted octanol–water partition coefficient (Wildman–Crippen LogP) is 2.89. The van der Waals surface area contributed by atoms with E-state index >= 15 is 0 Å². The number of nitrogens with one attached hydrogen (secondary N) is 1. The molecule has 0 radical (unpaired) electrons. The van der Waals surface area contributed by atoms with Gasteiger partial charge in [0.1, 0.15) is 11.5 Å². The molecule has 9 nitrogen and oxygen atoms in total. The van der Waals surface area contributed by atoms with E-state index in [1.54, 1.807) is 31.2 Å². The molecule has 2 heterocycles. The smallest absolute Gasteiger partial charge is 0.335 e. The highest BCUT2D eigenvalue weighted by Crippen LogP contribution is 2.33. The van der Waals surface area contributed by atoms with Gasteiger partial charge >= 0.3 is 5.97 Å². The summed E-state index contributed by atoms with van der Waals surface area (Å²) in [6.07, 6.45) is 1.48. The van der Waals surface area contributed by atoms with E-state index < -0.39 is 16.5 Å². The molecule has 0 amide bonds. The number of carboxylic acid groups (broad SMARTS) is 1. The fraction of sp³-hybridized carbons (Fsp3) is 0.0833. The van der Waals surface area contributed by atoms with Gasteiger partial charge in [0.15, 0.2) is 0 Å². The van der Waals surface area contributed by atoms with E-state index in [0.717, 1.165) is 11.1 Å². The number of nitro groups is 1. The number of hydrogen-bond acceptors (Lipinski definition) is 5. The monoisotopic (exact) mass is 445 g/mol. The van der Waals surface area contributed by atoms with E-state index in [0.29, 0.717) is 28.1 Å². The van der Waals surface area contributed by atoms with Crippen molar-refractivity contribution in [2.24, 2.45) is 0 Å². The molecule has 0 fully saturated rings. The number of aromatic carboxylic acids is 1. The molecule has 4 aromatic rings. The van der Waals surface area contributed by atoms with Gasteiger partial charge in [0.05, 0.1) is 32.3 Å². The van der Waals surface area contributed by atoms with Crippen molar-refractivity contribution in [1.29, 1.82) is 0 Å². The van der Waals surface area contributed by atoms with Crippen molar-refractivity contribution < 1.29 is 19.2 Å². The Bertz CT molecular complexity index is 1590. The van der Waals surface area contributed by atoms with Crippen LogP contribution in [0.4, 0.5) is 5.69 Å². The number of nitro benzene ring substituents is 1. The summed E-state index contributed by atoms with van der Waals surface area (Å²) >= 11 is 0. The number of aromatic amines is 1. The molecule has 0 saturated heterocycles. The molecule has 0 aliphatic carbocycles. The Morgan fingerprint density at radius 1 is 1.18 bits per heavy atom. The Balaban J connectivity index is 1.80. The molecule has 0 bridgehead atoms. The van der Waals surface area contributed by atoms with Crippen molar-refractivity contribution >= 4 is 24.3 Å². The van der Waals surface area contributed by atoms with Gasteiger partial charge in [-0.15, -0.1) is 0 Å². The first-order valence-corrected chi connectivity index (χ1v) is 9.87. The minimum atomic E-state index is -1.11. The van der Waals surface area contributed by atoms with Gasteiger partial charge in [0, 0.05) is 6.07 Å². The summed E-state index contributed by atoms with van der Waals surface area (Å²) in [6.45, 7) is 7.50. The van der Waals surface area contributed by atoms with Crippen LogP contribution in [-0.2, 0) is 0 Å². The summed E-state index contributed by atoms with van der Waals surface area (Å²) < 4.78 is 7.00. The normalized spacial score (nSPS) is 11.6. The Hall–Kier alpha value is -4.66. The van der Waals surface area contributed by atoms with Crippen molar-refractivity contribution in [2.45, 2.75) is 13.8 Å². The molecule has 2 aromatic carbocycles. The second-order valence-corrected chi connectivity index (χ2v) is 7.56. The van der Waals surface area contributed by atoms with Crippen LogP contribution in [0.3, 0.4) is 0 Å². The van der Waals surface area contributed by atoms with Gasteiger partial charge < -0.3 is 9.52 Å². The summed E-state index contributed by atoms with van der Waals surface area (Å²) in [5.41, 5.74) is 1.89. The van der Waals surface area contributed by atoms with Crippen LogP contribution >= 0.6 is 0 Å². The van der Waals surface area contributed by atoms with Gasteiger partial charge in [-0.25, -0.2) is 9.48 Å². The zero-order valence-electron chi connectivity index (χ0n) is 17.8. The van der Waals surface area contributed by atoms with Crippen molar-refractivity contribution in [3.05, 3.63) is 102 Å². The quantitative estimate of drug-likeness (QED) is 0.359. The Morgan fingerprint density at radius 2 is 1.91 bits per heavy atom. The van der Waals surface area contributed by atoms with Crippen molar-refractivity contribution in [3.8, 4) is 17.0 Å². The van der Waals surface area contributed by atoms with Gasteiger partial charge in [0.25, 0.3) is 11.2 Å². The Labute approximate surface area is 186 Å². The summed E-state index contributed by atoms with van der Waals surface area (Å²) in [5.74, 6) is -0.502. The molecule has 9 heteroatoms. The highest BCUT2D eigenvalue weighted by atomic mass is 16.6. The molecular weight excluding hydrogens is 426 g/mol. The third-order valence-electron chi connectivity index (χ3n) is 5.34. The van der Waals surface area contributed by atoms with Crippen LogP contribution < -0.4 is 16.1 Å². The molecule has 4 rings (SSSR count). The number of carbonyl (C=O) groups is 1. The Morgan fingerprint density at radius 3 is 2.61 bits per heavy atom. The van der Waals surface area contributed by atoms with Crippen molar-refractivity contribution in [2.75, 3.05) is 0 Å². The number of furan rings is 1. The molecule has 2 N–H and O–H groups in total. The number of carboxylic acids is 1. The summed E-state index contributed by atoms with van der Waals surface area (Å²) in [4.78, 5) is 35.2. The second-order valence-electron chi connectivity index (χ2n) is 7.56. The number of aryl methyl sites for hydroxylation is 2. The molecule has 2 aromatic heterocycles. The van der Waals surface area contributed by atoms with Gasteiger partial charge in [-0.3, -0.25) is 20.0 Å². The highest BCUT2D eigenvalue weighted by molar-refractivity contribution is 5.88. The van der Waals surface area contributed by atoms with Crippen LogP contribution in [0.25, 0.3) is 29.7 Å². The van der Waals surface area contributed by atoms with Gasteiger partial charge in [-0.05, 0) is 67.4 Å². The predicted molar refractivity (Wildman–Crippen MR) is 122 cm³/mol. The number of H-pyrrole nitrogens is 1. The first-order chi connectivity index (χ1) is 15.7. The standard InChI is InChI=1S/C24H19N3O6/c1-13-9-20(21(27(31)32)10-14(13)2)22-8-7-18(33-22)12-19-15(3)25-26(23(19)28)17-6-4-5-16(11-17)24(29)30/h4-12,25H,3H2,1-2H3,(H,29,30)/b19-12-. The fourth-order valence-corrected chi connectivity index (χ4v) is 3.47. The third-order valence-corrected chi connectivity index (χ3v) is 5.34. The molecule has 0 atom stereocenters. The van der Waals surface area contributed by atoms with Crippen LogP contribution in [0.2, 0.25) is 0 Å². The molecule has 0 unspecified atom stereocenters. The van der Waals surface area contributed by atoms with E-state index in [9.17, 15) is 24.8 Å². The zero-order valence-corrected chi connectivity index (χ0v) is 17.8. The van der Waals surface area contributed by atoms with E-state index in [1.807, 2.05) is 6.92 Å². The number of rotatable bonds is 5. The number of nitrogens with zero attached hydrogens (tertiary/aromatic N) is 2. The maximum Gasteiger partial charge on any atom is 0.335 e. The first kappa shape index (κ1) is 21.6. The van der Waals surface area contributed by atoms with Crippen LogP contribution in [0.1, 0.15) is 27.2 Å².